The van der Waals surface area contributed by atoms with Gasteiger partial charge in [0.1, 0.15) is 4.90 Å². The molecule has 0 spiro atoms. The number of anilines is 1. The Morgan fingerprint density at radius 2 is 1.77 bits per heavy atom. The van der Waals surface area contributed by atoms with Crippen molar-refractivity contribution in [3.05, 3.63) is 78.2 Å². The van der Waals surface area contributed by atoms with Gasteiger partial charge in [-0.2, -0.15) is 0 Å². The average molecular weight is 385 g/mol. The van der Waals surface area contributed by atoms with Gasteiger partial charge in [0, 0.05) is 29.8 Å². The summed E-state index contributed by atoms with van der Waals surface area (Å²) in [6.45, 7) is 0. The summed E-state index contributed by atoms with van der Waals surface area (Å²) < 4.78 is 29.3. The molecule has 8 heteroatoms. The van der Waals surface area contributed by atoms with Crippen LogP contribution in [0.25, 0.3) is 17.0 Å². The standard InChI is InChI=1S/C18H13ClN4O2S/c19-15-4-1-2-5-17(15)26(24,25)22-14-8-6-13(7-9-14)16-12-23-11-3-10-20-18(23)21-16/h1-12,22H. The molecule has 6 nitrogen and oxygen atoms in total. The number of fused-ring (bicyclic) bond motifs is 1. The van der Waals surface area contributed by atoms with E-state index in [1.165, 1.54) is 12.1 Å². The third-order valence-electron chi connectivity index (χ3n) is 3.79. The predicted octanol–water partition coefficient (Wildman–Crippen LogP) is 3.85. The Bertz CT molecular complexity index is 1150. The average Bonchev–Trinajstić information content (AvgIpc) is 3.06. The zero-order valence-electron chi connectivity index (χ0n) is 13.4. The van der Waals surface area contributed by atoms with Gasteiger partial charge in [-0.05, 0) is 30.3 Å². The summed E-state index contributed by atoms with van der Waals surface area (Å²) in [5.74, 6) is 0.603. The summed E-state index contributed by atoms with van der Waals surface area (Å²) in [6.07, 6.45) is 5.41. The Morgan fingerprint density at radius 3 is 2.50 bits per heavy atom. The minimum Gasteiger partial charge on any atom is -0.291 e. The second-order valence-electron chi connectivity index (χ2n) is 5.57. The van der Waals surface area contributed by atoms with Crippen LogP contribution in [0.2, 0.25) is 5.02 Å². The molecule has 1 N–H and O–H groups in total. The summed E-state index contributed by atoms with van der Waals surface area (Å²) in [4.78, 5) is 8.66. The van der Waals surface area contributed by atoms with Crippen molar-refractivity contribution < 1.29 is 8.42 Å². The summed E-state index contributed by atoms with van der Waals surface area (Å²) >= 11 is 5.98. The monoisotopic (exact) mass is 384 g/mol. The Balaban J connectivity index is 1.61. The summed E-state index contributed by atoms with van der Waals surface area (Å²) in [5, 5.41) is 0.175. The lowest BCUT2D eigenvalue weighted by molar-refractivity contribution is 0.601. The van der Waals surface area contributed by atoms with Gasteiger partial charge in [0.2, 0.25) is 5.78 Å². The first-order valence-electron chi connectivity index (χ1n) is 7.70. The van der Waals surface area contributed by atoms with Gasteiger partial charge in [-0.1, -0.05) is 35.9 Å². The number of sulfonamides is 1. The van der Waals surface area contributed by atoms with Crippen molar-refractivity contribution in [2.24, 2.45) is 0 Å². The maximum atomic E-state index is 12.5. The molecular formula is C18H13ClN4O2S. The van der Waals surface area contributed by atoms with E-state index in [-0.39, 0.29) is 9.92 Å². The normalized spacial score (nSPS) is 11.6. The van der Waals surface area contributed by atoms with Gasteiger partial charge in [-0.3, -0.25) is 9.12 Å². The SMILES string of the molecule is O=S(=O)(Nc1ccc(-c2cn3cccnc3n2)cc1)c1ccccc1Cl. The maximum Gasteiger partial charge on any atom is 0.263 e. The topological polar surface area (TPSA) is 76.4 Å². The lowest BCUT2D eigenvalue weighted by Gasteiger charge is -2.09. The highest BCUT2D eigenvalue weighted by atomic mass is 35.5. The van der Waals surface area contributed by atoms with Gasteiger partial charge in [0.15, 0.2) is 0 Å². The smallest absolute Gasteiger partial charge is 0.263 e. The number of hydrogen-bond acceptors (Lipinski definition) is 4. The van der Waals surface area contributed by atoms with Gasteiger partial charge in [-0.25, -0.2) is 18.4 Å². The van der Waals surface area contributed by atoms with Crippen LogP contribution >= 0.6 is 11.6 Å². The zero-order valence-corrected chi connectivity index (χ0v) is 14.9. The van der Waals surface area contributed by atoms with Crippen LogP contribution in [0.5, 0.6) is 0 Å². The summed E-state index contributed by atoms with van der Waals surface area (Å²) in [5.41, 5.74) is 2.05. The molecule has 26 heavy (non-hydrogen) atoms. The molecule has 2 heterocycles. The number of aromatic nitrogens is 3. The van der Waals surface area contributed by atoms with E-state index < -0.39 is 10.0 Å². The highest BCUT2D eigenvalue weighted by Gasteiger charge is 2.17. The van der Waals surface area contributed by atoms with Crippen molar-refractivity contribution in [2.75, 3.05) is 4.72 Å². The molecule has 0 atom stereocenters. The fourth-order valence-electron chi connectivity index (χ4n) is 2.55. The van der Waals surface area contributed by atoms with E-state index in [0.29, 0.717) is 11.5 Å². The van der Waals surface area contributed by atoms with Crippen LogP contribution < -0.4 is 4.72 Å². The quantitative estimate of drug-likeness (QED) is 0.579. The first-order chi connectivity index (χ1) is 12.5. The lowest BCUT2D eigenvalue weighted by atomic mass is 10.1. The number of halogens is 1. The number of nitrogens with zero attached hydrogens (tertiary/aromatic N) is 3. The highest BCUT2D eigenvalue weighted by Crippen LogP contribution is 2.25. The molecule has 0 aliphatic heterocycles. The van der Waals surface area contributed by atoms with Gasteiger partial charge in [0.25, 0.3) is 10.0 Å². The minimum absolute atomic E-state index is 0.0390. The highest BCUT2D eigenvalue weighted by molar-refractivity contribution is 7.92. The Morgan fingerprint density at radius 1 is 1.00 bits per heavy atom. The number of imidazole rings is 1. The minimum atomic E-state index is -3.75. The molecule has 0 unspecified atom stereocenters. The van der Waals surface area contributed by atoms with Gasteiger partial charge in [-0.15, -0.1) is 0 Å². The van der Waals surface area contributed by atoms with E-state index in [9.17, 15) is 8.42 Å². The molecule has 0 radical (unpaired) electrons. The number of hydrogen-bond donors (Lipinski definition) is 1. The second-order valence-corrected chi connectivity index (χ2v) is 7.62. The second kappa shape index (κ2) is 6.44. The van der Waals surface area contributed by atoms with E-state index in [1.54, 1.807) is 42.6 Å². The summed E-state index contributed by atoms with van der Waals surface area (Å²) in [7, 11) is -3.75. The van der Waals surface area contributed by atoms with Crippen LogP contribution in [-0.4, -0.2) is 22.8 Å². The molecule has 0 fully saturated rings. The molecule has 4 aromatic rings. The molecular weight excluding hydrogens is 372 g/mol. The van der Waals surface area contributed by atoms with Crippen molar-refractivity contribution in [3.8, 4) is 11.3 Å². The largest absolute Gasteiger partial charge is 0.291 e. The zero-order chi connectivity index (χ0) is 18.1. The molecule has 130 valence electrons. The molecule has 0 saturated carbocycles. The van der Waals surface area contributed by atoms with Crippen molar-refractivity contribution >= 4 is 33.1 Å². The third-order valence-corrected chi connectivity index (χ3v) is 5.68. The number of nitrogens with one attached hydrogen (secondary N) is 1. The van der Waals surface area contributed by atoms with Crippen LogP contribution in [0.3, 0.4) is 0 Å². The molecule has 0 aliphatic carbocycles. The van der Waals surface area contributed by atoms with Crippen LogP contribution in [-0.2, 0) is 10.0 Å². The first-order valence-corrected chi connectivity index (χ1v) is 9.56. The molecule has 0 amide bonds. The van der Waals surface area contributed by atoms with Crippen molar-refractivity contribution in [2.45, 2.75) is 4.90 Å². The van der Waals surface area contributed by atoms with Crippen LogP contribution in [0.1, 0.15) is 0 Å². The van der Waals surface area contributed by atoms with E-state index in [2.05, 4.69) is 14.7 Å². The molecule has 0 bridgehead atoms. The van der Waals surface area contributed by atoms with Gasteiger partial charge >= 0.3 is 0 Å². The predicted molar refractivity (Wildman–Crippen MR) is 101 cm³/mol. The third kappa shape index (κ3) is 3.14. The lowest BCUT2D eigenvalue weighted by Crippen LogP contribution is -2.13. The number of rotatable bonds is 4. The Labute approximate surface area is 155 Å². The van der Waals surface area contributed by atoms with Crippen LogP contribution in [0.15, 0.2) is 78.1 Å². The van der Waals surface area contributed by atoms with E-state index >= 15 is 0 Å². The van der Waals surface area contributed by atoms with Crippen molar-refractivity contribution in [3.63, 3.8) is 0 Å². The Kier molecular flexibility index (Phi) is 4.10. The fourth-order valence-corrected chi connectivity index (χ4v) is 4.13. The Hall–Kier alpha value is -2.90. The van der Waals surface area contributed by atoms with Crippen molar-refractivity contribution in [1.82, 2.24) is 14.4 Å². The first kappa shape index (κ1) is 16.6. The van der Waals surface area contributed by atoms with Crippen LogP contribution in [0, 0.1) is 0 Å². The molecule has 2 aromatic heterocycles. The van der Waals surface area contributed by atoms with Gasteiger partial charge in [0.05, 0.1) is 10.7 Å². The molecule has 2 aromatic carbocycles. The molecule has 4 rings (SSSR count). The molecule has 0 saturated heterocycles. The van der Waals surface area contributed by atoms with E-state index in [4.69, 9.17) is 11.6 Å². The van der Waals surface area contributed by atoms with E-state index in [1.807, 2.05) is 22.9 Å². The van der Waals surface area contributed by atoms with E-state index in [0.717, 1.165) is 11.3 Å². The van der Waals surface area contributed by atoms with Crippen LogP contribution in [0.4, 0.5) is 5.69 Å². The fraction of sp³-hybridized carbons (Fsp3) is 0. The van der Waals surface area contributed by atoms with Crippen molar-refractivity contribution in [1.29, 1.82) is 0 Å². The summed E-state index contributed by atoms with van der Waals surface area (Å²) in [6, 6.07) is 15.1. The number of benzene rings is 2. The maximum absolute atomic E-state index is 12.5. The van der Waals surface area contributed by atoms with Gasteiger partial charge < -0.3 is 0 Å². The molecule has 0 aliphatic rings.